The van der Waals surface area contributed by atoms with Crippen LogP contribution in [0.25, 0.3) is 87.6 Å². The maximum Gasteiger partial charge on any atom is 0.131 e. The molecule has 0 saturated carbocycles. The van der Waals surface area contributed by atoms with Crippen molar-refractivity contribution < 1.29 is 0 Å². The summed E-state index contributed by atoms with van der Waals surface area (Å²) in [5.74, 6) is 0. The molecular formula is C53H34N2. The largest absolute Gasteiger partial charge is 0.359 e. The molecule has 256 valence electrons. The summed E-state index contributed by atoms with van der Waals surface area (Å²) in [6.07, 6.45) is 0.0448. The van der Waals surface area contributed by atoms with Crippen LogP contribution < -0.4 is 10.2 Å². The smallest absolute Gasteiger partial charge is 0.131 e. The van der Waals surface area contributed by atoms with E-state index in [2.05, 4.69) is 204 Å². The first kappa shape index (κ1) is 30.3. The first-order valence-electron chi connectivity index (χ1n) is 19.1. The minimum atomic E-state index is 0.0448. The minimum Gasteiger partial charge on any atom is -0.359 e. The van der Waals surface area contributed by atoms with Gasteiger partial charge in [0.2, 0.25) is 0 Å². The third kappa shape index (κ3) is 4.55. The molecule has 1 atom stereocenters. The molecule has 0 radical (unpaired) electrons. The highest BCUT2D eigenvalue weighted by Gasteiger charge is 2.37. The van der Waals surface area contributed by atoms with Gasteiger partial charge in [-0.2, -0.15) is 0 Å². The topological polar surface area (TPSA) is 15.3 Å². The van der Waals surface area contributed by atoms with Gasteiger partial charge >= 0.3 is 0 Å². The van der Waals surface area contributed by atoms with Crippen LogP contribution in [0.1, 0.15) is 11.7 Å². The maximum atomic E-state index is 3.83. The van der Waals surface area contributed by atoms with Crippen LogP contribution in [-0.4, -0.2) is 0 Å². The predicted molar refractivity (Wildman–Crippen MR) is 233 cm³/mol. The SMILES string of the molecule is c1ccc2c(c1)NC1c3ccc(-c4ccc5c(-c6ccc7ccccc7c6)c6ccccc6c(-c6ccc7ccccc7c6)c5c4)cc3-c3ccccc3N21. The average Bonchev–Trinajstić information content (AvgIpc) is 3.65. The van der Waals surface area contributed by atoms with Crippen molar-refractivity contribution in [2.45, 2.75) is 6.17 Å². The summed E-state index contributed by atoms with van der Waals surface area (Å²) in [6, 6.07) is 71.9. The van der Waals surface area contributed by atoms with E-state index in [1.54, 1.807) is 0 Å². The molecule has 0 fully saturated rings. The normalized spacial score (nSPS) is 14.1. The Labute approximate surface area is 319 Å². The molecule has 0 aliphatic carbocycles. The first-order chi connectivity index (χ1) is 27.3. The average molecular weight is 699 g/mol. The standard InChI is InChI=1S/C53H34N2/c1-3-13-35-29-39(23-21-33(35)11-1)51-42-16-5-6-17-43(42)52(40-24-22-34-12-2-4-14-36(34)30-40)47-32-38(25-27-44(47)51)37-26-28-45-46(31-37)41-15-7-9-19-49(41)55-50-20-10-8-18-48(50)54-53(45)55/h1-32,53-54H. The first-order valence-corrected chi connectivity index (χ1v) is 19.1. The summed E-state index contributed by atoms with van der Waals surface area (Å²) in [5, 5.41) is 13.9. The van der Waals surface area contributed by atoms with Crippen LogP contribution in [0.15, 0.2) is 194 Å². The third-order valence-corrected chi connectivity index (χ3v) is 11.9. The fourth-order valence-corrected chi connectivity index (χ4v) is 9.43. The molecule has 0 amide bonds. The van der Waals surface area contributed by atoms with Crippen LogP contribution in [0.5, 0.6) is 0 Å². The van der Waals surface area contributed by atoms with Gasteiger partial charge in [-0.1, -0.05) is 152 Å². The van der Waals surface area contributed by atoms with Crippen molar-refractivity contribution in [3.8, 4) is 44.5 Å². The molecule has 0 aromatic heterocycles. The van der Waals surface area contributed by atoms with E-state index in [4.69, 9.17) is 0 Å². The summed E-state index contributed by atoms with van der Waals surface area (Å²) in [5.41, 5.74) is 14.9. The van der Waals surface area contributed by atoms with Crippen LogP contribution in [0.2, 0.25) is 0 Å². The molecule has 1 N–H and O–H groups in total. The Hall–Kier alpha value is -7.16. The molecule has 2 heterocycles. The zero-order valence-corrected chi connectivity index (χ0v) is 30.0. The number of anilines is 3. The highest BCUT2D eigenvalue weighted by molar-refractivity contribution is 6.22. The number of hydrogen-bond donors (Lipinski definition) is 1. The van der Waals surface area contributed by atoms with E-state index in [1.807, 2.05) is 0 Å². The zero-order chi connectivity index (χ0) is 36.0. The van der Waals surface area contributed by atoms with Gasteiger partial charge in [-0.15, -0.1) is 0 Å². The molecule has 1 unspecified atom stereocenters. The molecule has 2 aliphatic heterocycles. The molecule has 2 aliphatic rings. The van der Waals surface area contributed by atoms with Gasteiger partial charge in [0.15, 0.2) is 0 Å². The fraction of sp³-hybridized carbons (Fsp3) is 0.0189. The van der Waals surface area contributed by atoms with Crippen molar-refractivity contribution in [1.82, 2.24) is 0 Å². The zero-order valence-electron chi connectivity index (χ0n) is 30.0. The quantitative estimate of drug-likeness (QED) is 0.185. The van der Waals surface area contributed by atoms with E-state index in [0.29, 0.717) is 0 Å². The van der Waals surface area contributed by atoms with Gasteiger partial charge in [0.1, 0.15) is 6.17 Å². The lowest BCUT2D eigenvalue weighted by molar-refractivity contribution is 0.819. The Balaban J connectivity index is 1.11. The van der Waals surface area contributed by atoms with Gasteiger partial charge in [-0.05, 0) is 124 Å². The van der Waals surface area contributed by atoms with Gasteiger partial charge in [0.05, 0.1) is 17.1 Å². The molecule has 2 nitrogen and oxygen atoms in total. The molecule has 10 aromatic carbocycles. The molecular weight excluding hydrogens is 665 g/mol. The number of nitrogens with zero attached hydrogens (tertiary/aromatic N) is 1. The Morgan fingerprint density at radius 3 is 1.60 bits per heavy atom. The summed E-state index contributed by atoms with van der Waals surface area (Å²) in [4.78, 5) is 2.46. The molecule has 0 bridgehead atoms. The lowest BCUT2D eigenvalue weighted by Gasteiger charge is -2.35. The van der Waals surface area contributed by atoms with E-state index >= 15 is 0 Å². The number of benzene rings is 10. The monoisotopic (exact) mass is 698 g/mol. The van der Waals surface area contributed by atoms with E-state index < -0.39 is 0 Å². The lowest BCUT2D eigenvalue weighted by Crippen LogP contribution is -2.27. The Kier molecular flexibility index (Phi) is 6.43. The third-order valence-electron chi connectivity index (χ3n) is 11.9. The highest BCUT2D eigenvalue weighted by atomic mass is 15.3. The number of hydrogen-bond acceptors (Lipinski definition) is 2. The van der Waals surface area contributed by atoms with Crippen LogP contribution in [0, 0.1) is 0 Å². The number of para-hydroxylation sites is 3. The van der Waals surface area contributed by atoms with E-state index in [-0.39, 0.29) is 6.17 Å². The predicted octanol–water partition coefficient (Wildman–Crippen LogP) is 14.5. The second-order valence-electron chi connectivity index (χ2n) is 14.9. The van der Waals surface area contributed by atoms with Gasteiger partial charge in [0.25, 0.3) is 0 Å². The van der Waals surface area contributed by atoms with E-state index in [9.17, 15) is 0 Å². The fourth-order valence-electron chi connectivity index (χ4n) is 9.43. The van der Waals surface area contributed by atoms with Crippen molar-refractivity contribution in [2.75, 3.05) is 10.2 Å². The molecule has 55 heavy (non-hydrogen) atoms. The second-order valence-corrected chi connectivity index (χ2v) is 14.9. The van der Waals surface area contributed by atoms with Gasteiger partial charge in [0, 0.05) is 11.1 Å². The van der Waals surface area contributed by atoms with Crippen LogP contribution >= 0.6 is 0 Å². The number of fused-ring (bicyclic) bond motifs is 12. The summed E-state index contributed by atoms with van der Waals surface area (Å²) in [7, 11) is 0. The van der Waals surface area contributed by atoms with Crippen LogP contribution in [-0.2, 0) is 0 Å². The molecule has 0 saturated heterocycles. The van der Waals surface area contributed by atoms with Crippen molar-refractivity contribution >= 4 is 60.2 Å². The minimum absolute atomic E-state index is 0.0448. The van der Waals surface area contributed by atoms with Crippen molar-refractivity contribution in [2.24, 2.45) is 0 Å². The summed E-state index contributed by atoms with van der Waals surface area (Å²) in [6.45, 7) is 0. The van der Waals surface area contributed by atoms with Crippen molar-refractivity contribution in [3.05, 3.63) is 200 Å². The number of rotatable bonds is 3. The van der Waals surface area contributed by atoms with Crippen molar-refractivity contribution in [1.29, 1.82) is 0 Å². The Bertz CT molecular complexity index is 3210. The molecule has 2 heteroatoms. The number of nitrogens with one attached hydrogen (secondary N) is 1. The molecule has 12 rings (SSSR count). The summed E-state index contributed by atoms with van der Waals surface area (Å²) >= 11 is 0. The Morgan fingerprint density at radius 1 is 0.345 bits per heavy atom. The van der Waals surface area contributed by atoms with E-state index in [1.165, 1.54) is 110 Å². The van der Waals surface area contributed by atoms with Crippen molar-refractivity contribution in [3.63, 3.8) is 0 Å². The maximum absolute atomic E-state index is 3.83. The van der Waals surface area contributed by atoms with Gasteiger partial charge < -0.3 is 10.2 Å². The Morgan fingerprint density at radius 2 is 0.873 bits per heavy atom. The molecule has 0 spiro atoms. The van der Waals surface area contributed by atoms with Gasteiger partial charge in [-0.25, -0.2) is 0 Å². The van der Waals surface area contributed by atoms with E-state index in [0.717, 1.165) is 0 Å². The van der Waals surface area contributed by atoms with Gasteiger partial charge in [-0.3, -0.25) is 0 Å². The highest BCUT2D eigenvalue weighted by Crippen LogP contribution is 2.54. The second kappa shape index (κ2) is 11.7. The lowest BCUT2D eigenvalue weighted by atomic mass is 9.83. The van der Waals surface area contributed by atoms with Crippen LogP contribution in [0.4, 0.5) is 17.1 Å². The summed E-state index contributed by atoms with van der Waals surface area (Å²) < 4.78 is 0. The van der Waals surface area contributed by atoms with Crippen LogP contribution in [0.3, 0.4) is 0 Å². The molecule has 10 aromatic rings.